The molecule has 0 heterocycles. The summed E-state index contributed by atoms with van der Waals surface area (Å²) in [7, 11) is 2.08. The summed E-state index contributed by atoms with van der Waals surface area (Å²) in [5.74, 6) is 0. The molecule has 2 nitrogen and oxygen atoms in total. The van der Waals surface area contributed by atoms with Crippen LogP contribution in [0.1, 0.15) is 33.6 Å². The molecule has 0 saturated carbocycles. The van der Waals surface area contributed by atoms with Gasteiger partial charge in [0, 0.05) is 6.54 Å². The van der Waals surface area contributed by atoms with Crippen molar-refractivity contribution in [3.63, 3.8) is 0 Å². The first-order chi connectivity index (χ1) is 9.97. The van der Waals surface area contributed by atoms with Crippen molar-refractivity contribution in [1.29, 1.82) is 0 Å². The summed E-state index contributed by atoms with van der Waals surface area (Å²) in [6.45, 7) is 20.2. The standard InChI is InChI=1S/C19H32N2/c1-8-11-12-16(4)17(5)13-14-18(6)19(20-15-9-2)21(7)10-3/h9,12-14,19-20H,2,5-6,8,10-11,15H2,1,3-4,7H3/b14-13-,16-12+. The number of likely N-dealkylation sites (N-methyl/N-ethyl adjacent to an activating group) is 1. The minimum Gasteiger partial charge on any atom is -0.294 e. The van der Waals surface area contributed by atoms with Gasteiger partial charge in [0.05, 0.1) is 6.17 Å². The number of unbranched alkanes of at least 4 members (excludes halogenated alkanes) is 1. The molecule has 0 aromatic carbocycles. The van der Waals surface area contributed by atoms with Crippen LogP contribution in [0.3, 0.4) is 0 Å². The SMILES string of the molecule is C=CCNC(C(=C)/C=C\C(=C)/C(C)=C/CCC)N(C)CC. The van der Waals surface area contributed by atoms with Gasteiger partial charge in [-0.25, -0.2) is 0 Å². The van der Waals surface area contributed by atoms with E-state index in [1.165, 1.54) is 5.57 Å². The van der Waals surface area contributed by atoms with E-state index in [1.807, 2.05) is 6.08 Å². The first kappa shape index (κ1) is 19.6. The van der Waals surface area contributed by atoms with Crippen LogP contribution in [0.4, 0.5) is 0 Å². The van der Waals surface area contributed by atoms with Crippen LogP contribution < -0.4 is 5.32 Å². The summed E-state index contributed by atoms with van der Waals surface area (Å²) in [6.07, 6.45) is 10.6. The van der Waals surface area contributed by atoms with Crippen molar-refractivity contribution in [2.24, 2.45) is 0 Å². The Labute approximate surface area is 131 Å². The quantitative estimate of drug-likeness (QED) is 0.343. The van der Waals surface area contributed by atoms with Crippen molar-refractivity contribution in [2.75, 3.05) is 20.1 Å². The van der Waals surface area contributed by atoms with Gasteiger partial charge in [0.15, 0.2) is 0 Å². The predicted octanol–water partition coefficient (Wildman–Crippen LogP) is 4.45. The minimum atomic E-state index is 0.122. The molecular formula is C19H32N2. The van der Waals surface area contributed by atoms with E-state index in [4.69, 9.17) is 0 Å². The summed E-state index contributed by atoms with van der Waals surface area (Å²) in [4.78, 5) is 2.22. The van der Waals surface area contributed by atoms with E-state index in [-0.39, 0.29) is 6.17 Å². The van der Waals surface area contributed by atoms with Gasteiger partial charge in [-0.15, -0.1) is 6.58 Å². The first-order valence-electron chi connectivity index (χ1n) is 7.75. The minimum absolute atomic E-state index is 0.122. The largest absolute Gasteiger partial charge is 0.294 e. The number of nitrogens with one attached hydrogen (secondary N) is 1. The topological polar surface area (TPSA) is 15.3 Å². The van der Waals surface area contributed by atoms with Gasteiger partial charge in [-0.05, 0) is 43.7 Å². The van der Waals surface area contributed by atoms with Crippen LogP contribution in [0, 0.1) is 0 Å². The van der Waals surface area contributed by atoms with Crippen LogP contribution in [0.25, 0.3) is 0 Å². The maximum absolute atomic E-state index is 4.18. The maximum Gasteiger partial charge on any atom is 0.0854 e. The van der Waals surface area contributed by atoms with E-state index in [9.17, 15) is 0 Å². The molecule has 0 amide bonds. The van der Waals surface area contributed by atoms with Gasteiger partial charge in [0.25, 0.3) is 0 Å². The molecule has 0 rings (SSSR count). The summed E-state index contributed by atoms with van der Waals surface area (Å²) >= 11 is 0. The van der Waals surface area contributed by atoms with Crippen molar-refractivity contribution >= 4 is 0 Å². The van der Waals surface area contributed by atoms with Gasteiger partial charge in [-0.1, -0.05) is 57.7 Å². The summed E-state index contributed by atoms with van der Waals surface area (Å²) in [6, 6.07) is 0. The third-order valence-corrected chi connectivity index (χ3v) is 3.49. The Balaban J connectivity index is 4.76. The van der Waals surface area contributed by atoms with Gasteiger partial charge in [0.1, 0.15) is 0 Å². The fourth-order valence-electron chi connectivity index (χ4n) is 1.87. The smallest absolute Gasteiger partial charge is 0.0854 e. The maximum atomic E-state index is 4.18. The molecule has 0 spiro atoms. The van der Waals surface area contributed by atoms with Gasteiger partial charge >= 0.3 is 0 Å². The second-order valence-corrected chi connectivity index (χ2v) is 5.28. The van der Waals surface area contributed by atoms with Crippen molar-refractivity contribution in [3.05, 3.63) is 60.8 Å². The van der Waals surface area contributed by atoms with Crippen molar-refractivity contribution < 1.29 is 0 Å². The molecule has 2 heteroatoms. The molecule has 0 aliphatic rings. The Morgan fingerprint density at radius 2 is 1.90 bits per heavy atom. The van der Waals surface area contributed by atoms with Crippen LogP contribution in [0.5, 0.6) is 0 Å². The van der Waals surface area contributed by atoms with E-state index in [0.29, 0.717) is 0 Å². The first-order valence-corrected chi connectivity index (χ1v) is 7.75. The molecule has 0 fully saturated rings. The highest BCUT2D eigenvalue weighted by Gasteiger charge is 2.13. The fraction of sp³-hybridized carbons (Fsp3) is 0.474. The Kier molecular flexibility index (Phi) is 10.6. The molecule has 21 heavy (non-hydrogen) atoms. The normalized spacial score (nSPS) is 13.7. The third kappa shape index (κ3) is 7.84. The zero-order chi connectivity index (χ0) is 16.3. The molecule has 0 saturated heterocycles. The lowest BCUT2D eigenvalue weighted by atomic mass is 10.1. The number of nitrogens with zero attached hydrogens (tertiary/aromatic N) is 1. The lowest BCUT2D eigenvalue weighted by Crippen LogP contribution is -2.44. The summed E-state index contributed by atoms with van der Waals surface area (Å²) in [5, 5.41) is 3.42. The number of allylic oxidation sites excluding steroid dienone is 4. The molecule has 1 N–H and O–H groups in total. The van der Waals surface area contributed by atoms with Crippen LogP contribution in [0.15, 0.2) is 60.8 Å². The third-order valence-electron chi connectivity index (χ3n) is 3.49. The molecule has 0 aliphatic heterocycles. The van der Waals surface area contributed by atoms with E-state index in [0.717, 1.165) is 37.1 Å². The second kappa shape index (κ2) is 11.3. The van der Waals surface area contributed by atoms with Gasteiger partial charge in [-0.3, -0.25) is 10.2 Å². The zero-order valence-electron chi connectivity index (χ0n) is 14.3. The molecule has 1 atom stereocenters. The molecule has 0 bridgehead atoms. The molecule has 118 valence electrons. The fourth-order valence-corrected chi connectivity index (χ4v) is 1.87. The van der Waals surface area contributed by atoms with E-state index in [2.05, 4.69) is 76.0 Å². The second-order valence-electron chi connectivity index (χ2n) is 5.28. The molecule has 0 aliphatic carbocycles. The highest BCUT2D eigenvalue weighted by molar-refractivity contribution is 5.39. The molecular weight excluding hydrogens is 256 g/mol. The number of hydrogen-bond donors (Lipinski definition) is 1. The van der Waals surface area contributed by atoms with Crippen LogP contribution in [-0.2, 0) is 0 Å². The Morgan fingerprint density at radius 3 is 2.43 bits per heavy atom. The molecule has 0 radical (unpaired) electrons. The van der Waals surface area contributed by atoms with Crippen molar-refractivity contribution in [2.45, 2.75) is 39.8 Å². The number of hydrogen-bond acceptors (Lipinski definition) is 2. The van der Waals surface area contributed by atoms with Crippen molar-refractivity contribution in [3.8, 4) is 0 Å². The predicted molar refractivity (Wildman–Crippen MR) is 96.4 cm³/mol. The monoisotopic (exact) mass is 288 g/mol. The molecule has 1 unspecified atom stereocenters. The van der Waals surface area contributed by atoms with Crippen LogP contribution in [-0.4, -0.2) is 31.2 Å². The van der Waals surface area contributed by atoms with E-state index < -0.39 is 0 Å². The van der Waals surface area contributed by atoms with E-state index >= 15 is 0 Å². The highest BCUT2D eigenvalue weighted by atomic mass is 15.2. The van der Waals surface area contributed by atoms with Crippen LogP contribution in [0.2, 0.25) is 0 Å². The summed E-state index contributed by atoms with van der Waals surface area (Å²) < 4.78 is 0. The number of rotatable bonds is 11. The average molecular weight is 288 g/mol. The lowest BCUT2D eigenvalue weighted by molar-refractivity contribution is 0.255. The van der Waals surface area contributed by atoms with Crippen molar-refractivity contribution in [1.82, 2.24) is 10.2 Å². The molecule has 0 aromatic rings. The van der Waals surface area contributed by atoms with E-state index in [1.54, 1.807) is 0 Å². The average Bonchev–Trinajstić information content (AvgIpc) is 2.49. The lowest BCUT2D eigenvalue weighted by Gasteiger charge is -2.28. The van der Waals surface area contributed by atoms with Gasteiger partial charge in [0.2, 0.25) is 0 Å². The van der Waals surface area contributed by atoms with Gasteiger partial charge in [-0.2, -0.15) is 0 Å². The van der Waals surface area contributed by atoms with Crippen LogP contribution >= 0.6 is 0 Å². The Morgan fingerprint density at radius 1 is 1.24 bits per heavy atom. The highest BCUT2D eigenvalue weighted by Crippen LogP contribution is 2.13. The Bertz CT molecular complexity index is 402. The zero-order valence-corrected chi connectivity index (χ0v) is 14.3. The molecule has 0 aromatic heterocycles. The summed E-state index contributed by atoms with van der Waals surface area (Å²) in [5.41, 5.74) is 3.32. The Hall–Kier alpha value is -1.38. The van der Waals surface area contributed by atoms with Gasteiger partial charge < -0.3 is 0 Å².